The van der Waals surface area contributed by atoms with Crippen LogP contribution >= 0.6 is 30.3 Å². The van der Waals surface area contributed by atoms with E-state index in [0.29, 0.717) is 5.57 Å². The maximum atomic E-state index is 11.4. The largest absolute Gasteiger partial charge is 0.366 e. The van der Waals surface area contributed by atoms with Gasteiger partial charge in [-0.2, -0.15) is 0 Å². The van der Waals surface area contributed by atoms with Crippen molar-refractivity contribution in [3.63, 3.8) is 0 Å². The van der Waals surface area contributed by atoms with Crippen LogP contribution < -0.4 is 5.73 Å². The van der Waals surface area contributed by atoms with Crippen molar-refractivity contribution in [3.8, 4) is 0 Å². The average Bonchev–Trinajstić information content (AvgIpc) is 2.86. The maximum Gasteiger partial charge on any atom is 0.246 e. The number of primary amides is 1. The summed E-state index contributed by atoms with van der Waals surface area (Å²) in [7, 11) is 1.60. The average molecular weight is 376 g/mol. The van der Waals surface area contributed by atoms with Crippen molar-refractivity contribution in [1.29, 1.82) is 0 Å². The van der Waals surface area contributed by atoms with Gasteiger partial charge in [0.25, 0.3) is 0 Å². The molecule has 18 heavy (non-hydrogen) atoms. The molecule has 1 amide bonds. The highest BCUT2D eigenvalue weighted by atomic mass is 127. The lowest BCUT2D eigenvalue weighted by Gasteiger charge is -2.23. The van der Waals surface area contributed by atoms with Gasteiger partial charge in [0.05, 0.1) is 6.04 Å². The van der Waals surface area contributed by atoms with Crippen LogP contribution in [0.2, 0.25) is 0 Å². The fourth-order valence-electron chi connectivity index (χ4n) is 1.85. The Balaban J connectivity index is 0.000000771. The Morgan fingerprint density at radius 2 is 2.00 bits per heavy atom. The van der Waals surface area contributed by atoms with Gasteiger partial charge >= 0.3 is 0 Å². The van der Waals surface area contributed by atoms with Gasteiger partial charge in [-0.15, -0.1) is 0 Å². The van der Waals surface area contributed by atoms with E-state index in [1.165, 1.54) is 0 Å². The van der Waals surface area contributed by atoms with E-state index in [2.05, 4.69) is 25.5 Å². The third-order valence-corrected chi connectivity index (χ3v) is 4.62. The van der Waals surface area contributed by atoms with Gasteiger partial charge in [-0.05, 0) is 14.7 Å². The van der Waals surface area contributed by atoms with E-state index < -0.39 is 0 Å². The molecule has 0 saturated carbocycles. The number of amides is 1. The van der Waals surface area contributed by atoms with Gasteiger partial charge in [0.1, 0.15) is 0 Å². The minimum atomic E-state index is -0.332. The van der Waals surface area contributed by atoms with Crippen molar-refractivity contribution in [2.45, 2.75) is 19.9 Å². The minimum Gasteiger partial charge on any atom is -0.366 e. The molecule has 0 fully saturated rings. The third kappa shape index (κ3) is 3.49. The molecule has 0 aliphatic carbocycles. The van der Waals surface area contributed by atoms with Crippen LogP contribution in [0.4, 0.5) is 0 Å². The summed E-state index contributed by atoms with van der Waals surface area (Å²) in [6, 6.07) is 9.94. The van der Waals surface area contributed by atoms with E-state index in [4.69, 9.17) is 5.73 Å². The molecule has 1 aliphatic rings. The van der Waals surface area contributed by atoms with Gasteiger partial charge in [0.2, 0.25) is 5.91 Å². The van der Waals surface area contributed by atoms with Crippen molar-refractivity contribution in [2.24, 2.45) is 5.73 Å². The SMILES string of the molecule is CC.NC(=O)C1=CCN(SI)C1c1ccccc1. The maximum absolute atomic E-state index is 11.4. The number of hydrogen-bond donors (Lipinski definition) is 1. The molecule has 98 valence electrons. The molecular weight excluding hydrogens is 359 g/mol. The predicted octanol–water partition coefficient (Wildman–Crippen LogP) is 3.48. The van der Waals surface area contributed by atoms with Gasteiger partial charge in [-0.1, -0.05) is 50.3 Å². The van der Waals surface area contributed by atoms with Crippen LogP contribution in [-0.4, -0.2) is 16.8 Å². The molecule has 0 saturated heterocycles. The highest BCUT2D eigenvalue weighted by molar-refractivity contribution is 14.2. The molecule has 5 heteroatoms. The molecule has 1 aromatic rings. The molecule has 1 aliphatic heterocycles. The van der Waals surface area contributed by atoms with Crippen molar-refractivity contribution in [3.05, 3.63) is 47.5 Å². The first kappa shape index (κ1) is 15.5. The molecule has 0 spiro atoms. The Hall–Kier alpha value is -0.530. The highest BCUT2D eigenvalue weighted by Gasteiger charge is 2.31. The van der Waals surface area contributed by atoms with Crippen LogP contribution in [-0.2, 0) is 4.79 Å². The third-order valence-electron chi connectivity index (χ3n) is 2.56. The molecule has 0 bridgehead atoms. The summed E-state index contributed by atoms with van der Waals surface area (Å²) in [5, 5.41) is 0. The topological polar surface area (TPSA) is 46.3 Å². The normalized spacial score (nSPS) is 18.8. The molecule has 3 nitrogen and oxygen atoms in total. The monoisotopic (exact) mass is 376 g/mol. The van der Waals surface area contributed by atoms with Crippen LogP contribution in [0.15, 0.2) is 42.0 Å². The van der Waals surface area contributed by atoms with Crippen LogP contribution in [0, 0.1) is 0 Å². The first-order valence-electron chi connectivity index (χ1n) is 5.84. The Morgan fingerprint density at radius 3 is 2.50 bits per heavy atom. The van der Waals surface area contributed by atoms with Crippen molar-refractivity contribution in [2.75, 3.05) is 6.54 Å². The second-order valence-electron chi connectivity index (χ2n) is 3.51. The van der Waals surface area contributed by atoms with E-state index >= 15 is 0 Å². The zero-order valence-corrected chi connectivity index (χ0v) is 13.4. The number of rotatable bonds is 3. The van der Waals surface area contributed by atoms with Gasteiger partial charge in [-0.3, -0.25) is 4.79 Å². The first-order chi connectivity index (χ1) is 8.74. The van der Waals surface area contributed by atoms with Crippen LogP contribution in [0.5, 0.6) is 0 Å². The summed E-state index contributed by atoms with van der Waals surface area (Å²) < 4.78 is 2.13. The molecule has 1 unspecified atom stereocenters. The number of nitrogens with zero attached hydrogens (tertiary/aromatic N) is 1. The van der Waals surface area contributed by atoms with E-state index in [1.807, 2.05) is 50.3 Å². The van der Waals surface area contributed by atoms with Gasteiger partial charge in [0.15, 0.2) is 0 Å². The standard InChI is InChI=1S/C11H11IN2OS.C2H6/c12-16-14-7-6-9(11(13)15)10(14)8-4-2-1-3-5-8;1-2/h1-6,10H,7H2,(H2,13,15);1-2H3. The fourth-order valence-corrected chi connectivity index (χ4v) is 3.46. The molecule has 0 aromatic heterocycles. The summed E-state index contributed by atoms with van der Waals surface area (Å²) in [6.45, 7) is 4.76. The van der Waals surface area contributed by atoms with Gasteiger partial charge < -0.3 is 5.73 Å². The summed E-state index contributed by atoms with van der Waals surface area (Å²) in [5.74, 6) is -0.332. The van der Waals surface area contributed by atoms with Crippen LogP contribution in [0.3, 0.4) is 0 Å². The lowest BCUT2D eigenvalue weighted by Crippen LogP contribution is -2.23. The molecule has 2 rings (SSSR count). The molecule has 1 heterocycles. The lowest BCUT2D eigenvalue weighted by atomic mass is 10.0. The summed E-state index contributed by atoms with van der Waals surface area (Å²) in [4.78, 5) is 11.4. The van der Waals surface area contributed by atoms with Crippen molar-refractivity contribution >= 4 is 36.2 Å². The second kappa shape index (κ2) is 7.81. The number of benzene rings is 1. The van der Waals surface area contributed by atoms with Gasteiger partial charge in [-0.25, -0.2) is 4.31 Å². The second-order valence-corrected chi connectivity index (χ2v) is 5.29. The fraction of sp³-hybridized carbons (Fsp3) is 0.308. The number of hydrogen-bond acceptors (Lipinski definition) is 3. The van der Waals surface area contributed by atoms with Crippen molar-refractivity contribution in [1.82, 2.24) is 4.31 Å². The molecule has 0 radical (unpaired) electrons. The van der Waals surface area contributed by atoms with E-state index in [0.717, 1.165) is 12.1 Å². The minimum absolute atomic E-state index is 0.0133. The smallest absolute Gasteiger partial charge is 0.246 e. The number of carbonyl (C=O) groups is 1. The summed E-state index contributed by atoms with van der Waals surface area (Å²) in [6.07, 6.45) is 1.91. The first-order valence-corrected chi connectivity index (χ1v) is 9.16. The Labute approximate surface area is 125 Å². The number of nitrogens with two attached hydrogens (primary N) is 1. The summed E-state index contributed by atoms with van der Waals surface area (Å²) >= 11 is 2.22. The molecule has 2 N–H and O–H groups in total. The predicted molar refractivity (Wildman–Crippen MR) is 86.1 cm³/mol. The Morgan fingerprint density at radius 1 is 1.39 bits per heavy atom. The van der Waals surface area contributed by atoms with Gasteiger partial charge in [0, 0.05) is 33.3 Å². The van der Waals surface area contributed by atoms with Crippen LogP contribution in [0.1, 0.15) is 25.5 Å². The Bertz CT molecular complexity index is 422. The summed E-state index contributed by atoms with van der Waals surface area (Å²) in [5.41, 5.74) is 7.19. The van der Waals surface area contributed by atoms with Crippen molar-refractivity contribution < 1.29 is 4.79 Å². The van der Waals surface area contributed by atoms with E-state index in [-0.39, 0.29) is 11.9 Å². The quantitative estimate of drug-likeness (QED) is 0.649. The van der Waals surface area contributed by atoms with E-state index in [9.17, 15) is 4.79 Å². The lowest BCUT2D eigenvalue weighted by molar-refractivity contribution is -0.114. The molecule has 1 atom stereocenters. The highest BCUT2D eigenvalue weighted by Crippen LogP contribution is 2.39. The number of halogens is 1. The molecular formula is C13H17IN2OS. The zero-order valence-electron chi connectivity index (χ0n) is 10.5. The number of carbonyl (C=O) groups excluding carboxylic acids is 1. The van der Waals surface area contributed by atoms with E-state index in [1.54, 1.807) is 9.12 Å². The Kier molecular flexibility index (Phi) is 6.73. The zero-order chi connectivity index (χ0) is 13.5. The van der Waals surface area contributed by atoms with Crippen LogP contribution in [0.25, 0.3) is 0 Å². The molecule has 1 aromatic carbocycles.